The Labute approximate surface area is 255 Å². The molecule has 0 amide bonds. The maximum atomic E-state index is 4.58. The third-order valence-electron chi connectivity index (χ3n) is 8.00. The topological polar surface area (TPSA) is 50.5 Å². The van der Waals surface area contributed by atoms with Crippen LogP contribution in [0.2, 0.25) is 0 Å². The largest absolute Gasteiger partial charge is 0.255 e. The summed E-state index contributed by atoms with van der Waals surface area (Å²) in [6.07, 6.45) is 7.14. The zero-order valence-corrected chi connectivity index (χ0v) is 23.8. The Hall–Kier alpha value is -6.00. The van der Waals surface area contributed by atoms with Gasteiger partial charge in [-0.1, -0.05) is 60.7 Å². The van der Waals surface area contributed by atoms with Gasteiger partial charge in [-0.15, -0.1) is 0 Å². The van der Waals surface area contributed by atoms with Crippen molar-refractivity contribution in [2.75, 3.05) is 0 Å². The van der Waals surface area contributed by atoms with Crippen LogP contribution in [0.15, 0.2) is 156 Å². The first kappa shape index (κ1) is 25.7. The Morgan fingerprint density at radius 1 is 0.386 bits per heavy atom. The first-order valence-electron chi connectivity index (χ1n) is 14.6. The lowest BCUT2D eigenvalue weighted by Crippen LogP contribution is -1.88. The van der Waals surface area contributed by atoms with Gasteiger partial charge in [0.25, 0.3) is 0 Å². The van der Waals surface area contributed by atoms with Crippen LogP contribution in [0.25, 0.3) is 54.6 Å². The van der Waals surface area contributed by atoms with Crippen molar-refractivity contribution in [3.63, 3.8) is 0 Å². The van der Waals surface area contributed by atoms with Crippen LogP contribution in [0.4, 0.5) is 11.4 Å². The smallest absolute Gasteiger partial charge is 0.0812 e. The summed E-state index contributed by atoms with van der Waals surface area (Å²) < 4.78 is 0. The fraction of sp³-hybridized carbons (Fsp3) is 0. The molecule has 0 fully saturated rings. The molecule has 0 N–H and O–H groups in total. The highest BCUT2D eigenvalue weighted by molar-refractivity contribution is 6.24. The summed E-state index contributed by atoms with van der Waals surface area (Å²) >= 11 is 0. The molecule has 0 spiro atoms. The second-order valence-corrected chi connectivity index (χ2v) is 10.8. The minimum Gasteiger partial charge on any atom is -0.255 e. The van der Waals surface area contributed by atoms with Gasteiger partial charge in [-0.05, 0) is 127 Å². The van der Waals surface area contributed by atoms with Gasteiger partial charge >= 0.3 is 0 Å². The van der Waals surface area contributed by atoms with Crippen LogP contribution in [0, 0.1) is 0 Å². The number of rotatable bonds is 6. The van der Waals surface area contributed by atoms with E-state index in [1.54, 1.807) is 24.8 Å². The van der Waals surface area contributed by atoms with E-state index in [2.05, 4.69) is 117 Å². The van der Waals surface area contributed by atoms with Crippen LogP contribution in [0.1, 0.15) is 11.4 Å². The van der Waals surface area contributed by atoms with E-state index in [0.29, 0.717) is 0 Å². The van der Waals surface area contributed by atoms with E-state index < -0.39 is 0 Å². The number of hydrogen-bond acceptors (Lipinski definition) is 4. The van der Waals surface area contributed by atoms with Gasteiger partial charge in [-0.2, -0.15) is 0 Å². The number of benzene rings is 6. The number of aromatic nitrogens is 2. The van der Waals surface area contributed by atoms with Crippen LogP contribution < -0.4 is 0 Å². The van der Waals surface area contributed by atoms with Gasteiger partial charge in [0.1, 0.15) is 0 Å². The summed E-state index contributed by atoms with van der Waals surface area (Å²) in [5.74, 6) is 0. The molecule has 0 aliphatic carbocycles. The van der Waals surface area contributed by atoms with Gasteiger partial charge in [0.05, 0.1) is 35.2 Å². The average Bonchev–Trinajstić information content (AvgIpc) is 3.10. The summed E-state index contributed by atoms with van der Waals surface area (Å²) in [5.41, 5.74) is 8.22. The van der Waals surface area contributed by atoms with E-state index >= 15 is 0 Å². The molecular formula is C40H26N4. The third-order valence-corrected chi connectivity index (χ3v) is 8.00. The third kappa shape index (κ3) is 4.99. The molecule has 0 atom stereocenters. The Morgan fingerprint density at radius 2 is 0.773 bits per heavy atom. The summed E-state index contributed by atoms with van der Waals surface area (Å²) in [7, 11) is 0. The number of pyridine rings is 2. The van der Waals surface area contributed by atoms with Crippen molar-refractivity contribution in [1.29, 1.82) is 0 Å². The molecule has 6 aromatic carbocycles. The molecule has 0 saturated heterocycles. The first-order valence-corrected chi connectivity index (χ1v) is 14.6. The normalized spacial score (nSPS) is 11.9. The van der Waals surface area contributed by atoms with Crippen molar-refractivity contribution >= 4 is 56.1 Å². The molecule has 0 bridgehead atoms. The predicted molar refractivity (Wildman–Crippen MR) is 184 cm³/mol. The maximum absolute atomic E-state index is 4.58. The molecule has 8 aromatic rings. The van der Waals surface area contributed by atoms with Gasteiger partial charge in [-0.3, -0.25) is 20.0 Å². The van der Waals surface area contributed by atoms with Crippen LogP contribution in [0.3, 0.4) is 0 Å². The molecule has 0 aliphatic rings. The van der Waals surface area contributed by atoms with E-state index in [0.717, 1.165) is 22.8 Å². The molecule has 0 unspecified atom stereocenters. The molecule has 0 aliphatic heterocycles. The highest BCUT2D eigenvalue weighted by Crippen LogP contribution is 2.39. The monoisotopic (exact) mass is 562 g/mol. The standard InChI is InChI=1S/C40H26N4/c1-3-19-41-37(5-1)25-43-35-15-11-27(12-16-35)33-21-29-7-9-31-23-34(24-32-10-8-30(22-33)39(29)40(31)32)28-13-17-36(18-14-28)44-26-38-6-2-4-20-42-38/h1-26H. The Balaban J connectivity index is 1.10. The summed E-state index contributed by atoms with van der Waals surface area (Å²) in [5, 5.41) is 7.61. The molecule has 206 valence electrons. The van der Waals surface area contributed by atoms with Crippen LogP contribution >= 0.6 is 0 Å². The van der Waals surface area contributed by atoms with Crippen molar-refractivity contribution in [1.82, 2.24) is 9.97 Å². The summed E-state index contributed by atoms with van der Waals surface area (Å²) in [4.78, 5) is 17.8. The number of hydrogen-bond donors (Lipinski definition) is 0. The fourth-order valence-corrected chi connectivity index (χ4v) is 5.84. The van der Waals surface area contributed by atoms with Crippen molar-refractivity contribution in [2.24, 2.45) is 9.98 Å². The van der Waals surface area contributed by atoms with Gasteiger partial charge in [-0.25, -0.2) is 0 Å². The zero-order chi connectivity index (χ0) is 29.3. The first-order chi connectivity index (χ1) is 21.8. The van der Waals surface area contributed by atoms with E-state index in [1.165, 1.54) is 54.6 Å². The molecule has 0 saturated carbocycles. The molecule has 8 rings (SSSR count). The van der Waals surface area contributed by atoms with Gasteiger partial charge in [0, 0.05) is 12.4 Å². The van der Waals surface area contributed by atoms with Gasteiger partial charge in [0.2, 0.25) is 0 Å². The Kier molecular flexibility index (Phi) is 6.43. The fourth-order valence-electron chi connectivity index (χ4n) is 5.84. The lowest BCUT2D eigenvalue weighted by molar-refractivity contribution is 1.30. The van der Waals surface area contributed by atoms with E-state index in [9.17, 15) is 0 Å². The minimum atomic E-state index is 0.843. The molecule has 0 radical (unpaired) electrons. The molecule has 4 heteroatoms. The lowest BCUT2D eigenvalue weighted by Gasteiger charge is -2.14. The lowest BCUT2D eigenvalue weighted by atomic mass is 9.89. The second kappa shape index (κ2) is 11.0. The van der Waals surface area contributed by atoms with E-state index in [4.69, 9.17) is 0 Å². The molecule has 2 heterocycles. The predicted octanol–water partition coefficient (Wildman–Crippen LogP) is 10.2. The summed E-state index contributed by atoms with van der Waals surface area (Å²) in [6.45, 7) is 0. The van der Waals surface area contributed by atoms with Crippen molar-refractivity contribution < 1.29 is 0 Å². The van der Waals surface area contributed by atoms with Crippen molar-refractivity contribution in [3.8, 4) is 22.3 Å². The van der Waals surface area contributed by atoms with Gasteiger partial charge < -0.3 is 0 Å². The van der Waals surface area contributed by atoms with Crippen LogP contribution in [0.5, 0.6) is 0 Å². The van der Waals surface area contributed by atoms with Gasteiger partial charge in [0.15, 0.2) is 0 Å². The highest BCUT2D eigenvalue weighted by Gasteiger charge is 2.12. The molecule has 4 nitrogen and oxygen atoms in total. The highest BCUT2D eigenvalue weighted by atomic mass is 14.8. The SMILES string of the molecule is C(=Nc1ccc(-c2cc3ccc4cc(-c5ccc(N=Cc6ccccn6)cc5)cc5ccc(c2)c3c45)cc1)c1ccccn1. The number of nitrogens with zero attached hydrogens (tertiary/aromatic N) is 4. The zero-order valence-electron chi connectivity index (χ0n) is 23.8. The van der Waals surface area contributed by atoms with Crippen molar-refractivity contribution in [2.45, 2.75) is 0 Å². The van der Waals surface area contributed by atoms with E-state index in [1.807, 2.05) is 36.4 Å². The average molecular weight is 563 g/mol. The molecule has 2 aromatic heterocycles. The second-order valence-electron chi connectivity index (χ2n) is 10.8. The van der Waals surface area contributed by atoms with Crippen molar-refractivity contribution in [3.05, 3.63) is 157 Å². The molecule has 44 heavy (non-hydrogen) atoms. The molecular weight excluding hydrogens is 536 g/mol. The Bertz CT molecular complexity index is 2060. The maximum Gasteiger partial charge on any atom is 0.0812 e. The summed E-state index contributed by atoms with van der Waals surface area (Å²) in [6, 6.07) is 46.6. The minimum absolute atomic E-state index is 0.843. The van der Waals surface area contributed by atoms with Crippen LogP contribution in [-0.4, -0.2) is 22.4 Å². The Morgan fingerprint density at radius 3 is 1.11 bits per heavy atom. The quantitative estimate of drug-likeness (QED) is 0.150. The van der Waals surface area contributed by atoms with Crippen LogP contribution in [-0.2, 0) is 0 Å². The van der Waals surface area contributed by atoms with E-state index in [-0.39, 0.29) is 0 Å². The number of aliphatic imine (C=N–C) groups is 2.